The quantitative estimate of drug-likeness (QED) is 0.627. The summed E-state index contributed by atoms with van der Waals surface area (Å²) in [6.07, 6.45) is 0. The zero-order valence-electron chi connectivity index (χ0n) is 11.0. The average Bonchev–Trinajstić information content (AvgIpc) is 2.86. The summed E-state index contributed by atoms with van der Waals surface area (Å²) in [5.74, 6) is -1.09. The van der Waals surface area contributed by atoms with Crippen LogP contribution in [0.3, 0.4) is 0 Å². The first kappa shape index (κ1) is 14.6. The number of aromatic nitrogens is 2. The summed E-state index contributed by atoms with van der Waals surface area (Å²) in [6, 6.07) is 4.75. The Bertz CT molecular complexity index is 681. The van der Waals surface area contributed by atoms with Crippen molar-refractivity contribution in [1.82, 2.24) is 10.2 Å². The molecule has 0 saturated heterocycles. The van der Waals surface area contributed by atoms with Crippen LogP contribution >= 0.6 is 0 Å². The smallest absolute Gasteiger partial charge is 0.329 e. The molecule has 9 heteroatoms. The van der Waals surface area contributed by atoms with Crippen LogP contribution in [-0.2, 0) is 16.1 Å². The lowest BCUT2D eigenvalue weighted by molar-refractivity contribution is -0.384. The molecule has 21 heavy (non-hydrogen) atoms. The fraction of sp³-hybridized carbons (Fsp3) is 0.250. The number of nitro groups is 1. The summed E-state index contributed by atoms with van der Waals surface area (Å²) in [5.41, 5.74) is 0.565. The van der Waals surface area contributed by atoms with Gasteiger partial charge in [0.25, 0.3) is 11.6 Å². The third kappa shape index (κ3) is 3.39. The van der Waals surface area contributed by atoms with Gasteiger partial charge in [0.05, 0.1) is 4.92 Å². The van der Waals surface area contributed by atoms with Crippen LogP contribution in [0.1, 0.15) is 11.5 Å². The third-order valence-electron chi connectivity index (χ3n) is 2.57. The summed E-state index contributed by atoms with van der Waals surface area (Å²) in [7, 11) is 0. The highest BCUT2D eigenvalue weighted by molar-refractivity contribution is 5.69. The van der Waals surface area contributed by atoms with E-state index in [1.54, 1.807) is 19.1 Å². The van der Waals surface area contributed by atoms with Crippen LogP contribution in [0.4, 0.5) is 5.69 Å². The van der Waals surface area contributed by atoms with E-state index in [9.17, 15) is 14.9 Å². The number of nitro benzene ring substituents is 1. The Morgan fingerprint density at radius 1 is 1.48 bits per heavy atom. The molecule has 0 radical (unpaired) electrons. The van der Waals surface area contributed by atoms with E-state index in [2.05, 4.69) is 10.2 Å². The number of ether oxygens (including phenoxy) is 1. The molecule has 0 aliphatic carbocycles. The largest absolute Gasteiger partial charge is 0.480 e. The Morgan fingerprint density at radius 2 is 2.24 bits per heavy atom. The van der Waals surface area contributed by atoms with Crippen LogP contribution in [0.25, 0.3) is 11.5 Å². The number of rotatable bonds is 6. The van der Waals surface area contributed by atoms with E-state index < -0.39 is 17.5 Å². The normalized spacial score (nSPS) is 10.5. The van der Waals surface area contributed by atoms with Crippen LogP contribution in [-0.4, -0.2) is 32.8 Å². The molecule has 0 saturated carbocycles. The van der Waals surface area contributed by atoms with Gasteiger partial charge in [-0.15, -0.1) is 10.2 Å². The van der Waals surface area contributed by atoms with E-state index >= 15 is 0 Å². The predicted molar refractivity (Wildman–Crippen MR) is 68.4 cm³/mol. The standard InChI is InChI=1S/C12H11N3O6/c1-7-3-2-4-8(11(7)15(18)19)12-14-13-9(21-12)5-20-6-10(16)17/h2-4H,5-6H2,1H3,(H,16,17). The predicted octanol–water partition coefficient (Wildman–Crippen LogP) is 1.55. The molecule has 0 unspecified atom stereocenters. The molecule has 0 fully saturated rings. The van der Waals surface area contributed by atoms with Crippen LogP contribution in [0, 0.1) is 17.0 Å². The Labute approximate surface area is 118 Å². The number of carboxylic acids is 1. The van der Waals surface area contributed by atoms with Crippen molar-refractivity contribution >= 4 is 11.7 Å². The molecule has 0 amide bonds. The summed E-state index contributed by atoms with van der Waals surface area (Å²) in [5, 5.41) is 26.9. The van der Waals surface area contributed by atoms with Crippen molar-refractivity contribution in [3.05, 3.63) is 39.8 Å². The second kappa shape index (κ2) is 6.09. The highest BCUT2D eigenvalue weighted by atomic mass is 16.6. The molecule has 1 aromatic carbocycles. The maximum absolute atomic E-state index is 11.1. The molecule has 0 aliphatic rings. The van der Waals surface area contributed by atoms with E-state index in [0.29, 0.717) is 5.56 Å². The van der Waals surface area contributed by atoms with Gasteiger partial charge in [0.1, 0.15) is 18.8 Å². The molecule has 110 valence electrons. The average molecular weight is 293 g/mol. The fourth-order valence-electron chi connectivity index (χ4n) is 1.72. The van der Waals surface area contributed by atoms with E-state index in [-0.39, 0.29) is 29.6 Å². The number of hydrogen-bond donors (Lipinski definition) is 1. The minimum atomic E-state index is -1.12. The lowest BCUT2D eigenvalue weighted by atomic mass is 10.1. The summed E-state index contributed by atoms with van der Waals surface area (Å²) >= 11 is 0. The number of benzene rings is 1. The number of carboxylic acid groups (broad SMARTS) is 1. The van der Waals surface area contributed by atoms with Crippen molar-refractivity contribution < 1.29 is 24.0 Å². The molecule has 0 spiro atoms. The van der Waals surface area contributed by atoms with E-state index in [0.717, 1.165) is 0 Å². The van der Waals surface area contributed by atoms with Crippen LogP contribution in [0.2, 0.25) is 0 Å². The Kier molecular flexibility index (Phi) is 4.24. The van der Waals surface area contributed by atoms with Gasteiger partial charge in [0.15, 0.2) is 0 Å². The Morgan fingerprint density at radius 3 is 2.90 bits per heavy atom. The topological polar surface area (TPSA) is 129 Å². The van der Waals surface area contributed by atoms with Crippen molar-refractivity contribution in [1.29, 1.82) is 0 Å². The van der Waals surface area contributed by atoms with Crippen molar-refractivity contribution in [3.8, 4) is 11.5 Å². The lowest BCUT2D eigenvalue weighted by Crippen LogP contribution is -2.06. The van der Waals surface area contributed by atoms with Gasteiger partial charge in [-0.1, -0.05) is 12.1 Å². The van der Waals surface area contributed by atoms with Crippen molar-refractivity contribution in [2.75, 3.05) is 6.61 Å². The number of carbonyl (C=O) groups is 1. The molecule has 1 N–H and O–H groups in total. The first-order chi connectivity index (χ1) is 9.99. The molecule has 2 aromatic rings. The van der Waals surface area contributed by atoms with Gasteiger partial charge in [0, 0.05) is 5.56 Å². The van der Waals surface area contributed by atoms with Crippen molar-refractivity contribution in [3.63, 3.8) is 0 Å². The monoisotopic (exact) mass is 293 g/mol. The maximum Gasteiger partial charge on any atom is 0.329 e. The van der Waals surface area contributed by atoms with Gasteiger partial charge in [-0.05, 0) is 13.0 Å². The van der Waals surface area contributed by atoms with E-state index in [1.165, 1.54) is 6.07 Å². The minimum absolute atomic E-state index is 0.0145. The zero-order chi connectivity index (χ0) is 15.4. The van der Waals surface area contributed by atoms with Crippen molar-refractivity contribution in [2.24, 2.45) is 0 Å². The highest BCUT2D eigenvalue weighted by Gasteiger charge is 2.22. The van der Waals surface area contributed by atoms with E-state index in [4.69, 9.17) is 14.3 Å². The van der Waals surface area contributed by atoms with Gasteiger partial charge in [-0.25, -0.2) is 4.79 Å². The fourth-order valence-corrected chi connectivity index (χ4v) is 1.72. The van der Waals surface area contributed by atoms with Crippen LogP contribution in [0.5, 0.6) is 0 Å². The van der Waals surface area contributed by atoms with Crippen LogP contribution < -0.4 is 0 Å². The molecule has 0 atom stereocenters. The molecule has 1 aromatic heterocycles. The lowest BCUT2D eigenvalue weighted by Gasteiger charge is -2.01. The summed E-state index contributed by atoms with van der Waals surface area (Å²) < 4.78 is 10.1. The summed E-state index contributed by atoms with van der Waals surface area (Å²) in [6.45, 7) is 0.927. The van der Waals surface area contributed by atoms with Gasteiger partial charge >= 0.3 is 5.97 Å². The molecule has 0 aliphatic heterocycles. The second-order valence-corrected chi connectivity index (χ2v) is 4.12. The number of aryl methyl sites for hydroxylation is 1. The first-order valence-corrected chi connectivity index (χ1v) is 5.85. The SMILES string of the molecule is Cc1cccc(-c2nnc(COCC(=O)O)o2)c1[N+](=O)[O-]. The molecular formula is C12H11N3O6. The minimum Gasteiger partial charge on any atom is -0.480 e. The van der Waals surface area contributed by atoms with Crippen LogP contribution in [0.15, 0.2) is 22.6 Å². The number of hydrogen-bond acceptors (Lipinski definition) is 7. The van der Waals surface area contributed by atoms with Crippen molar-refractivity contribution in [2.45, 2.75) is 13.5 Å². The molecular weight excluding hydrogens is 282 g/mol. The number of nitrogens with zero attached hydrogens (tertiary/aromatic N) is 3. The second-order valence-electron chi connectivity index (χ2n) is 4.12. The summed E-state index contributed by atoms with van der Waals surface area (Å²) in [4.78, 5) is 20.9. The number of para-hydroxylation sites is 1. The molecule has 2 rings (SSSR count). The van der Waals surface area contributed by atoms with Gasteiger partial charge in [-0.2, -0.15) is 0 Å². The highest BCUT2D eigenvalue weighted by Crippen LogP contribution is 2.31. The Balaban J connectivity index is 2.24. The Hall–Kier alpha value is -2.81. The number of aliphatic carboxylic acids is 1. The first-order valence-electron chi connectivity index (χ1n) is 5.85. The van der Waals surface area contributed by atoms with Gasteiger partial charge in [0.2, 0.25) is 5.89 Å². The van der Waals surface area contributed by atoms with Gasteiger partial charge in [-0.3, -0.25) is 10.1 Å². The maximum atomic E-state index is 11.1. The van der Waals surface area contributed by atoms with E-state index in [1.807, 2.05) is 0 Å². The third-order valence-corrected chi connectivity index (χ3v) is 2.57. The molecule has 0 bridgehead atoms. The molecule has 1 heterocycles. The van der Waals surface area contributed by atoms with Gasteiger partial charge < -0.3 is 14.3 Å². The molecule has 9 nitrogen and oxygen atoms in total. The zero-order valence-corrected chi connectivity index (χ0v) is 11.0.